The lowest BCUT2D eigenvalue weighted by molar-refractivity contribution is -0.119. The van der Waals surface area contributed by atoms with Gasteiger partial charge in [-0.15, -0.1) is 0 Å². The molecule has 19 heavy (non-hydrogen) atoms. The number of aliphatic imine (C=N–C) groups is 1. The third-order valence-corrected chi connectivity index (χ3v) is 3.97. The summed E-state index contributed by atoms with van der Waals surface area (Å²) >= 11 is 5.84. The van der Waals surface area contributed by atoms with Crippen LogP contribution in [0.5, 0.6) is 0 Å². The Balaban J connectivity index is 1.80. The molecule has 2 unspecified atom stereocenters. The van der Waals surface area contributed by atoms with Gasteiger partial charge in [-0.05, 0) is 24.1 Å². The summed E-state index contributed by atoms with van der Waals surface area (Å²) in [6.45, 7) is 1.13. The Morgan fingerprint density at radius 3 is 2.74 bits per heavy atom. The van der Waals surface area contributed by atoms with Crippen molar-refractivity contribution >= 4 is 23.1 Å². The molecule has 3 rings (SSSR count). The molecule has 1 spiro atoms. The molecule has 0 bridgehead atoms. The van der Waals surface area contributed by atoms with E-state index in [0.29, 0.717) is 36.7 Å². The van der Waals surface area contributed by atoms with Crippen LogP contribution >= 0.6 is 11.6 Å². The van der Waals surface area contributed by atoms with E-state index in [1.54, 1.807) is 0 Å². The van der Waals surface area contributed by atoms with Crippen LogP contribution in [-0.2, 0) is 16.1 Å². The minimum absolute atomic E-state index is 0.0518. The Morgan fingerprint density at radius 2 is 2.11 bits per heavy atom. The van der Waals surface area contributed by atoms with E-state index in [9.17, 15) is 4.79 Å². The molecule has 0 amide bonds. The average molecular weight is 279 g/mol. The second-order valence-electron chi connectivity index (χ2n) is 5.05. The molecule has 2 aliphatic rings. The molecule has 100 valence electrons. The first-order valence-corrected chi connectivity index (χ1v) is 6.70. The largest absolute Gasteiger partial charge is 0.363 e. The van der Waals surface area contributed by atoms with Crippen molar-refractivity contribution in [3.05, 3.63) is 34.9 Å². The van der Waals surface area contributed by atoms with Gasteiger partial charge in [0.15, 0.2) is 5.78 Å². The zero-order valence-electron chi connectivity index (χ0n) is 10.4. The van der Waals surface area contributed by atoms with Crippen molar-refractivity contribution in [3.8, 4) is 0 Å². The van der Waals surface area contributed by atoms with Gasteiger partial charge < -0.3 is 10.5 Å². The van der Waals surface area contributed by atoms with Crippen LogP contribution in [-0.4, -0.2) is 29.7 Å². The number of carbonyl (C=O) groups is 1. The third kappa shape index (κ3) is 2.43. The van der Waals surface area contributed by atoms with Gasteiger partial charge in [0.2, 0.25) is 0 Å². The Hall–Kier alpha value is -1.23. The Kier molecular flexibility index (Phi) is 3.17. The number of nitrogens with two attached hydrogens (primary N) is 1. The number of halogens is 1. The van der Waals surface area contributed by atoms with Gasteiger partial charge in [-0.2, -0.15) is 0 Å². The lowest BCUT2D eigenvalue weighted by atomic mass is 9.83. The highest BCUT2D eigenvalue weighted by Gasteiger charge is 2.55. The number of Topliss-reactive ketones (excluding diaryl/α,β-unsaturated/α-hetero) is 1. The smallest absolute Gasteiger partial charge is 0.155 e. The van der Waals surface area contributed by atoms with E-state index in [-0.39, 0.29) is 11.4 Å². The van der Waals surface area contributed by atoms with Gasteiger partial charge in [0.1, 0.15) is 11.6 Å². The summed E-state index contributed by atoms with van der Waals surface area (Å²) in [7, 11) is 0. The fourth-order valence-electron chi connectivity index (χ4n) is 2.43. The maximum Gasteiger partial charge on any atom is 0.155 e. The molecule has 2 N–H and O–H groups in total. The maximum absolute atomic E-state index is 11.7. The predicted octanol–water partition coefficient (Wildman–Crippen LogP) is 1.74. The normalized spacial score (nSPS) is 32.0. The highest BCUT2D eigenvalue weighted by molar-refractivity contribution is 6.30. The summed E-state index contributed by atoms with van der Waals surface area (Å²) in [5.74, 6) is 0.0518. The van der Waals surface area contributed by atoms with Gasteiger partial charge in [0.25, 0.3) is 0 Å². The molecular weight excluding hydrogens is 264 g/mol. The first-order valence-electron chi connectivity index (χ1n) is 6.32. The number of hydrogen-bond donors (Lipinski definition) is 1. The van der Waals surface area contributed by atoms with Crippen LogP contribution in [0, 0.1) is 0 Å². The molecule has 2 fully saturated rings. The molecule has 1 aromatic carbocycles. The first-order chi connectivity index (χ1) is 9.11. The number of nitrogens with zero attached hydrogens (tertiary/aromatic N) is 1. The van der Waals surface area contributed by atoms with Gasteiger partial charge in [-0.1, -0.05) is 23.7 Å². The maximum atomic E-state index is 11.7. The van der Waals surface area contributed by atoms with Crippen molar-refractivity contribution in [2.75, 3.05) is 6.61 Å². The minimum Gasteiger partial charge on any atom is -0.363 e. The van der Waals surface area contributed by atoms with E-state index in [1.165, 1.54) is 0 Å². The van der Waals surface area contributed by atoms with Gasteiger partial charge in [-0.3, -0.25) is 9.79 Å². The van der Waals surface area contributed by atoms with Crippen LogP contribution < -0.4 is 5.73 Å². The summed E-state index contributed by atoms with van der Waals surface area (Å²) in [6, 6.07) is 6.88. The molecule has 4 nitrogen and oxygen atoms in total. The third-order valence-electron chi connectivity index (χ3n) is 3.72. The molecule has 1 saturated heterocycles. The zero-order chi connectivity index (χ0) is 13.5. The highest BCUT2D eigenvalue weighted by Crippen LogP contribution is 2.38. The van der Waals surface area contributed by atoms with Crippen molar-refractivity contribution in [2.24, 2.45) is 10.7 Å². The molecule has 2 atom stereocenters. The molecule has 1 aromatic rings. The van der Waals surface area contributed by atoms with Crippen LogP contribution in [0.4, 0.5) is 0 Å². The van der Waals surface area contributed by atoms with E-state index in [4.69, 9.17) is 22.1 Å². The fourth-order valence-corrected chi connectivity index (χ4v) is 2.56. The number of benzene rings is 1. The van der Waals surface area contributed by atoms with Crippen LogP contribution in [0.1, 0.15) is 18.4 Å². The highest BCUT2D eigenvalue weighted by atomic mass is 35.5. The lowest BCUT2D eigenvalue weighted by Crippen LogP contribution is -2.50. The molecule has 5 heteroatoms. The van der Waals surface area contributed by atoms with E-state index in [2.05, 4.69) is 4.99 Å². The van der Waals surface area contributed by atoms with Crippen LogP contribution in [0.15, 0.2) is 29.3 Å². The summed E-state index contributed by atoms with van der Waals surface area (Å²) in [4.78, 5) is 16.2. The standard InChI is InChI=1S/C14H15ClN2O2/c15-10-3-1-9(2-4-10)7-17-13-12(16)11(18)5-6-14(13)8-19-14/h1-4,12H,5-8,16H2. The summed E-state index contributed by atoms with van der Waals surface area (Å²) < 4.78 is 5.49. The van der Waals surface area contributed by atoms with Gasteiger partial charge in [-0.25, -0.2) is 0 Å². The Bertz CT molecular complexity index is 535. The summed E-state index contributed by atoms with van der Waals surface area (Å²) in [6.07, 6.45) is 1.19. The molecule has 1 aliphatic heterocycles. The van der Waals surface area contributed by atoms with Crippen molar-refractivity contribution < 1.29 is 9.53 Å². The van der Waals surface area contributed by atoms with Crippen molar-refractivity contribution in [3.63, 3.8) is 0 Å². The molecule has 0 aromatic heterocycles. The van der Waals surface area contributed by atoms with Gasteiger partial charge in [0, 0.05) is 11.4 Å². The molecule has 1 saturated carbocycles. The second-order valence-corrected chi connectivity index (χ2v) is 5.49. The van der Waals surface area contributed by atoms with Crippen LogP contribution in [0.3, 0.4) is 0 Å². The molecule has 0 radical (unpaired) electrons. The van der Waals surface area contributed by atoms with Crippen LogP contribution in [0.2, 0.25) is 5.02 Å². The quantitative estimate of drug-likeness (QED) is 0.838. The topological polar surface area (TPSA) is 68.0 Å². The van der Waals surface area contributed by atoms with Gasteiger partial charge >= 0.3 is 0 Å². The monoisotopic (exact) mass is 278 g/mol. The Labute approximate surface area is 116 Å². The van der Waals surface area contributed by atoms with E-state index < -0.39 is 6.04 Å². The van der Waals surface area contributed by atoms with Crippen molar-refractivity contribution in [1.29, 1.82) is 0 Å². The fraction of sp³-hybridized carbons (Fsp3) is 0.429. The second kappa shape index (κ2) is 4.71. The number of ketones is 1. The van der Waals surface area contributed by atoms with Crippen molar-refractivity contribution in [2.45, 2.75) is 31.0 Å². The zero-order valence-corrected chi connectivity index (χ0v) is 11.2. The molecule has 1 heterocycles. The number of ether oxygens (including phenoxy) is 1. The predicted molar refractivity (Wildman–Crippen MR) is 73.5 cm³/mol. The van der Waals surface area contributed by atoms with E-state index in [0.717, 1.165) is 5.56 Å². The lowest BCUT2D eigenvalue weighted by Gasteiger charge is -2.25. The minimum atomic E-state index is -0.608. The van der Waals surface area contributed by atoms with E-state index >= 15 is 0 Å². The Morgan fingerprint density at radius 1 is 1.42 bits per heavy atom. The van der Waals surface area contributed by atoms with Crippen LogP contribution in [0.25, 0.3) is 0 Å². The van der Waals surface area contributed by atoms with Crippen molar-refractivity contribution in [1.82, 2.24) is 0 Å². The van der Waals surface area contributed by atoms with Gasteiger partial charge in [0.05, 0.1) is 18.9 Å². The SMILES string of the molecule is NC1C(=O)CCC2(CO2)C1=NCc1ccc(Cl)cc1. The number of rotatable bonds is 2. The number of hydrogen-bond acceptors (Lipinski definition) is 4. The first kappa shape index (κ1) is 12.8. The molecule has 1 aliphatic carbocycles. The number of epoxide rings is 1. The molecular formula is C14H15ClN2O2. The number of carbonyl (C=O) groups excluding carboxylic acids is 1. The summed E-state index contributed by atoms with van der Waals surface area (Å²) in [5, 5.41) is 0.697. The summed E-state index contributed by atoms with van der Waals surface area (Å²) in [5.41, 5.74) is 7.34. The average Bonchev–Trinajstić information content (AvgIpc) is 3.17. The van der Waals surface area contributed by atoms with E-state index in [1.807, 2.05) is 24.3 Å².